The fourth-order valence-corrected chi connectivity index (χ4v) is 2.74. The molecule has 5 heteroatoms. The second-order valence-electron chi connectivity index (χ2n) is 5.08. The molecule has 0 radical (unpaired) electrons. The summed E-state index contributed by atoms with van der Waals surface area (Å²) in [5.41, 5.74) is 0. The number of ether oxygens (including phenoxy) is 1. The largest absolute Gasteiger partial charge is 0.491 e. The number of hydrogen-bond donors (Lipinski definition) is 1. The van der Waals surface area contributed by atoms with E-state index in [4.69, 9.17) is 27.9 Å². The van der Waals surface area contributed by atoms with E-state index >= 15 is 0 Å². The first kappa shape index (κ1) is 14.9. The summed E-state index contributed by atoms with van der Waals surface area (Å²) in [5, 5.41) is 4.66. The van der Waals surface area contributed by atoms with Crippen LogP contribution in [-0.2, 0) is 0 Å². The lowest BCUT2D eigenvalue weighted by Crippen LogP contribution is -2.55. The minimum Gasteiger partial charge on any atom is -0.491 e. The normalized spacial score (nSPS) is 24.4. The van der Waals surface area contributed by atoms with Crippen molar-refractivity contribution in [1.82, 2.24) is 10.2 Å². The molecule has 1 aliphatic heterocycles. The van der Waals surface area contributed by atoms with Gasteiger partial charge in [-0.15, -0.1) is 0 Å². The first-order valence-corrected chi connectivity index (χ1v) is 7.37. The highest BCUT2D eigenvalue weighted by atomic mass is 35.5. The highest BCUT2D eigenvalue weighted by Gasteiger charge is 2.21. The van der Waals surface area contributed by atoms with Crippen molar-refractivity contribution in [3.8, 4) is 5.75 Å². The van der Waals surface area contributed by atoms with Gasteiger partial charge in [-0.1, -0.05) is 23.2 Å². The number of rotatable bonds is 4. The van der Waals surface area contributed by atoms with Gasteiger partial charge in [0.25, 0.3) is 0 Å². The molecule has 1 fully saturated rings. The van der Waals surface area contributed by atoms with Crippen LogP contribution in [0.25, 0.3) is 0 Å². The van der Waals surface area contributed by atoms with Gasteiger partial charge in [0.2, 0.25) is 0 Å². The van der Waals surface area contributed by atoms with Gasteiger partial charge in [-0.25, -0.2) is 0 Å². The maximum absolute atomic E-state index is 6.07. The second kappa shape index (κ2) is 6.80. The molecule has 3 nitrogen and oxygen atoms in total. The zero-order valence-electron chi connectivity index (χ0n) is 11.3. The Morgan fingerprint density at radius 1 is 1.37 bits per heavy atom. The number of hydrogen-bond acceptors (Lipinski definition) is 3. The van der Waals surface area contributed by atoms with E-state index < -0.39 is 0 Å². The maximum atomic E-state index is 6.07. The monoisotopic (exact) mass is 302 g/mol. The average Bonchev–Trinajstić information content (AvgIpc) is 2.36. The van der Waals surface area contributed by atoms with Gasteiger partial charge in [0, 0.05) is 36.7 Å². The van der Waals surface area contributed by atoms with Crippen LogP contribution in [0.3, 0.4) is 0 Å². The van der Waals surface area contributed by atoms with E-state index in [1.807, 2.05) is 6.07 Å². The SMILES string of the molecule is CC1CN(CCOc2ccc(Cl)cc2Cl)C(C)CN1. The molecular weight excluding hydrogens is 283 g/mol. The smallest absolute Gasteiger partial charge is 0.138 e. The van der Waals surface area contributed by atoms with E-state index in [9.17, 15) is 0 Å². The van der Waals surface area contributed by atoms with E-state index in [-0.39, 0.29) is 0 Å². The van der Waals surface area contributed by atoms with Crippen molar-refractivity contribution in [1.29, 1.82) is 0 Å². The van der Waals surface area contributed by atoms with Crippen LogP contribution in [0.4, 0.5) is 0 Å². The summed E-state index contributed by atoms with van der Waals surface area (Å²) in [6, 6.07) is 6.39. The van der Waals surface area contributed by atoms with Crippen LogP contribution in [0.2, 0.25) is 10.0 Å². The number of nitrogens with zero attached hydrogens (tertiary/aromatic N) is 1. The minimum atomic E-state index is 0.537. The lowest BCUT2D eigenvalue weighted by molar-refractivity contribution is 0.123. The molecule has 1 aliphatic rings. The summed E-state index contributed by atoms with van der Waals surface area (Å²) in [5.74, 6) is 0.696. The van der Waals surface area contributed by atoms with Crippen LogP contribution < -0.4 is 10.1 Å². The summed E-state index contributed by atoms with van der Waals surface area (Å²) in [4.78, 5) is 2.44. The van der Waals surface area contributed by atoms with Crippen LogP contribution in [0.15, 0.2) is 18.2 Å². The predicted octanol–water partition coefficient (Wildman–Crippen LogP) is 3.05. The molecule has 19 heavy (non-hydrogen) atoms. The summed E-state index contributed by atoms with van der Waals surface area (Å²) in [6.45, 7) is 8.07. The number of benzene rings is 1. The molecule has 1 aromatic rings. The highest BCUT2D eigenvalue weighted by Crippen LogP contribution is 2.27. The molecule has 2 atom stereocenters. The van der Waals surface area contributed by atoms with Gasteiger partial charge in [-0.05, 0) is 32.0 Å². The molecule has 1 N–H and O–H groups in total. The molecule has 0 spiro atoms. The Labute approximate surface area is 124 Å². The lowest BCUT2D eigenvalue weighted by Gasteiger charge is -2.37. The fraction of sp³-hybridized carbons (Fsp3) is 0.571. The van der Waals surface area contributed by atoms with Crippen LogP contribution in [0.5, 0.6) is 5.75 Å². The Morgan fingerprint density at radius 2 is 2.16 bits per heavy atom. The summed E-state index contributed by atoms with van der Waals surface area (Å²) in [6.07, 6.45) is 0. The third-order valence-corrected chi connectivity index (χ3v) is 3.95. The van der Waals surface area contributed by atoms with Crippen molar-refractivity contribution in [2.75, 3.05) is 26.2 Å². The third-order valence-electron chi connectivity index (χ3n) is 3.42. The van der Waals surface area contributed by atoms with Crippen molar-refractivity contribution in [2.24, 2.45) is 0 Å². The van der Waals surface area contributed by atoms with E-state index in [1.54, 1.807) is 12.1 Å². The Bertz CT molecular complexity index is 428. The number of halogens is 2. The van der Waals surface area contributed by atoms with Gasteiger partial charge in [-0.2, -0.15) is 0 Å². The molecule has 2 rings (SSSR count). The Kier molecular flexibility index (Phi) is 5.34. The molecule has 0 aromatic heterocycles. The van der Waals surface area contributed by atoms with Crippen molar-refractivity contribution in [3.63, 3.8) is 0 Å². The maximum Gasteiger partial charge on any atom is 0.138 e. The second-order valence-corrected chi connectivity index (χ2v) is 5.92. The van der Waals surface area contributed by atoms with Gasteiger partial charge in [-0.3, -0.25) is 4.90 Å². The standard InChI is InChI=1S/C14H20Cl2N2O/c1-10-9-18(11(2)8-17-10)5-6-19-14-4-3-12(15)7-13(14)16/h3-4,7,10-11,17H,5-6,8-9H2,1-2H3. The first-order valence-electron chi connectivity index (χ1n) is 6.61. The van der Waals surface area contributed by atoms with Crippen LogP contribution >= 0.6 is 23.2 Å². The van der Waals surface area contributed by atoms with Gasteiger partial charge in [0.1, 0.15) is 12.4 Å². The Hall–Kier alpha value is -0.480. The first-order chi connectivity index (χ1) is 9.06. The number of nitrogens with one attached hydrogen (secondary N) is 1. The van der Waals surface area contributed by atoms with Gasteiger partial charge in [0.05, 0.1) is 5.02 Å². The molecule has 1 heterocycles. The molecule has 1 saturated heterocycles. The molecular formula is C14H20Cl2N2O. The fourth-order valence-electron chi connectivity index (χ4n) is 2.27. The zero-order valence-corrected chi connectivity index (χ0v) is 12.8. The molecule has 0 saturated carbocycles. The van der Waals surface area contributed by atoms with Crippen LogP contribution in [0, 0.1) is 0 Å². The molecule has 0 bridgehead atoms. The van der Waals surface area contributed by atoms with Gasteiger partial charge < -0.3 is 10.1 Å². The van der Waals surface area contributed by atoms with E-state index in [2.05, 4.69) is 24.1 Å². The van der Waals surface area contributed by atoms with Crippen LogP contribution in [0.1, 0.15) is 13.8 Å². The third kappa shape index (κ3) is 4.25. The van der Waals surface area contributed by atoms with Crippen molar-refractivity contribution < 1.29 is 4.74 Å². The van der Waals surface area contributed by atoms with Gasteiger partial charge >= 0.3 is 0 Å². The van der Waals surface area contributed by atoms with E-state index in [0.717, 1.165) is 19.6 Å². The van der Waals surface area contributed by atoms with Crippen LogP contribution in [-0.4, -0.2) is 43.2 Å². The molecule has 2 unspecified atom stereocenters. The molecule has 1 aromatic carbocycles. The Balaban J connectivity index is 1.82. The summed E-state index contributed by atoms with van der Waals surface area (Å²) < 4.78 is 5.73. The van der Waals surface area contributed by atoms with E-state index in [1.165, 1.54) is 0 Å². The Morgan fingerprint density at radius 3 is 2.89 bits per heavy atom. The summed E-state index contributed by atoms with van der Waals surface area (Å²) in [7, 11) is 0. The van der Waals surface area contributed by atoms with Crippen molar-refractivity contribution >= 4 is 23.2 Å². The van der Waals surface area contributed by atoms with Crippen molar-refractivity contribution in [3.05, 3.63) is 28.2 Å². The topological polar surface area (TPSA) is 24.5 Å². The van der Waals surface area contributed by atoms with E-state index in [0.29, 0.717) is 34.5 Å². The zero-order chi connectivity index (χ0) is 13.8. The molecule has 0 aliphatic carbocycles. The number of piperazine rings is 1. The molecule has 106 valence electrons. The quantitative estimate of drug-likeness (QED) is 0.925. The van der Waals surface area contributed by atoms with Gasteiger partial charge in [0.15, 0.2) is 0 Å². The minimum absolute atomic E-state index is 0.537. The molecule has 0 amide bonds. The predicted molar refractivity (Wildman–Crippen MR) is 80.5 cm³/mol. The lowest BCUT2D eigenvalue weighted by atomic mass is 10.1. The van der Waals surface area contributed by atoms with Crippen molar-refractivity contribution in [2.45, 2.75) is 25.9 Å². The average molecular weight is 303 g/mol. The summed E-state index contributed by atoms with van der Waals surface area (Å²) >= 11 is 11.9. The highest BCUT2D eigenvalue weighted by molar-refractivity contribution is 6.35.